The fraction of sp³-hybridized carbons (Fsp3) is 0.381. The van der Waals surface area contributed by atoms with E-state index in [2.05, 4.69) is 5.32 Å². The predicted molar refractivity (Wildman–Crippen MR) is 101 cm³/mol. The van der Waals surface area contributed by atoms with Gasteiger partial charge in [-0.1, -0.05) is 29.8 Å². The van der Waals surface area contributed by atoms with E-state index in [9.17, 15) is 9.18 Å². The molecular weight excluding hydrogens is 347 g/mol. The van der Waals surface area contributed by atoms with Gasteiger partial charge in [0.1, 0.15) is 25.7 Å². The largest absolute Gasteiger partial charge is 0.494 e. The van der Waals surface area contributed by atoms with Crippen LogP contribution >= 0.6 is 0 Å². The third-order valence-corrected chi connectivity index (χ3v) is 4.89. The molecule has 0 aliphatic carbocycles. The van der Waals surface area contributed by atoms with Gasteiger partial charge in [-0.05, 0) is 30.7 Å². The number of aryl methyl sites for hydroxylation is 1. The van der Waals surface area contributed by atoms with Crippen LogP contribution in [0.1, 0.15) is 27.5 Å². The van der Waals surface area contributed by atoms with Crippen molar-refractivity contribution in [3.8, 4) is 5.75 Å². The molecule has 27 heavy (non-hydrogen) atoms. The van der Waals surface area contributed by atoms with Crippen LogP contribution in [0.5, 0.6) is 5.75 Å². The summed E-state index contributed by atoms with van der Waals surface area (Å²) in [5, 5.41) is 3.07. The van der Waals surface area contributed by atoms with E-state index >= 15 is 0 Å². The van der Waals surface area contributed by atoms with E-state index in [-0.39, 0.29) is 23.3 Å². The molecule has 144 valence electrons. The second-order valence-electron chi connectivity index (χ2n) is 6.85. The number of carbonyl (C=O) groups is 1. The van der Waals surface area contributed by atoms with Crippen molar-refractivity contribution in [2.24, 2.45) is 0 Å². The van der Waals surface area contributed by atoms with Gasteiger partial charge in [0.2, 0.25) is 0 Å². The van der Waals surface area contributed by atoms with Crippen LogP contribution in [0.15, 0.2) is 42.5 Å². The first-order valence-corrected chi connectivity index (χ1v) is 9.19. The van der Waals surface area contributed by atoms with Crippen molar-refractivity contribution in [2.75, 3.05) is 40.0 Å². The van der Waals surface area contributed by atoms with Gasteiger partial charge in [-0.2, -0.15) is 0 Å². The van der Waals surface area contributed by atoms with Gasteiger partial charge in [-0.15, -0.1) is 0 Å². The van der Waals surface area contributed by atoms with Crippen LogP contribution < -0.4 is 15.0 Å². The average molecular weight is 373 g/mol. The van der Waals surface area contributed by atoms with Crippen LogP contribution in [0.3, 0.4) is 0 Å². The molecule has 5 nitrogen and oxygen atoms in total. The number of halogens is 1. The molecule has 2 N–H and O–H groups in total. The highest BCUT2D eigenvalue weighted by Gasteiger charge is 2.23. The van der Waals surface area contributed by atoms with Gasteiger partial charge in [0, 0.05) is 5.56 Å². The first kappa shape index (κ1) is 19.3. The summed E-state index contributed by atoms with van der Waals surface area (Å²) in [4.78, 5) is 14.1. The van der Waals surface area contributed by atoms with Crippen molar-refractivity contribution in [1.29, 1.82) is 0 Å². The number of ether oxygens (including phenoxy) is 2. The molecule has 2 aromatic carbocycles. The molecule has 0 spiro atoms. The number of carbonyl (C=O) groups excluding carboxylic acids is 1. The molecule has 1 amide bonds. The maximum atomic E-state index is 14.0. The van der Waals surface area contributed by atoms with Crippen molar-refractivity contribution < 1.29 is 23.6 Å². The summed E-state index contributed by atoms with van der Waals surface area (Å²) < 4.78 is 24.3. The summed E-state index contributed by atoms with van der Waals surface area (Å²) >= 11 is 0. The number of hydrogen-bond acceptors (Lipinski definition) is 3. The number of hydrogen-bond donors (Lipinski definition) is 2. The Morgan fingerprint density at radius 2 is 1.93 bits per heavy atom. The monoisotopic (exact) mass is 373 g/mol. The van der Waals surface area contributed by atoms with E-state index in [0.29, 0.717) is 0 Å². The molecule has 0 radical (unpaired) electrons. The molecule has 1 saturated heterocycles. The average Bonchev–Trinajstić information content (AvgIpc) is 2.68. The van der Waals surface area contributed by atoms with E-state index in [4.69, 9.17) is 9.47 Å². The summed E-state index contributed by atoms with van der Waals surface area (Å²) in [5.74, 6) is -0.718. The summed E-state index contributed by atoms with van der Waals surface area (Å²) in [6, 6.07) is 12.2. The van der Waals surface area contributed by atoms with Crippen LogP contribution in [-0.2, 0) is 4.74 Å². The Morgan fingerprint density at radius 3 is 2.56 bits per heavy atom. The Labute approximate surface area is 159 Å². The van der Waals surface area contributed by atoms with Gasteiger partial charge in [-0.3, -0.25) is 4.79 Å². The zero-order valence-corrected chi connectivity index (χ0v) is 15.8. The minimum absolute atomic E-state index is 0.124. The fourth-order valence-electron chi connectivity index (χ4n) is 3.25. The minimum atomic E-state index is -0.546. The van der Waals surface area contributed by atoms with Crippen molar-refractivity contribution in [1.82, 2.24) is 5.32 Å². The van der Waals surface area contributed by atoms with Gasteiger partial charge >= 0.3 is 0 Å². The lowest BCUT2D eigenvalue weighted by Gasteiger charge is -2.28. The SMILES string of the molecule is COc1ccc(C(=O)N[C@@H](C[NH+]2CCOCC2)c2ccc(C)cc2)cc1F. The highest BCUT2D eigenvalue weighted by Crippen LogP contribution is 2.19. The summed E-state index contributed by atoms with van der Waals surface area (Å²) in [6.07, 6.45) is 0. The first-order valence-electron chi connectivity index (χ1n) is 9.19. The zero-order chi connectivity index (χ0) is 19.2. The van der Waals surface area contributed by atoms with E-state index in [1.807, 2.05) is 31.2 Å². The Morgan fingerprint density at radius 1 is 1.22 bits per heavy atom. The number of nitrogens with one attached hydrogen (secondary N) is 2. The third kappa shape index (κ3) is 5.05. The van der Waals surface area contributed by atoms with Crippen LogP contribution in [0.4, 0.5) is 4.39 Å². The molecule has 1 aliphatic rings. The summed E-state index contributed by atoms with van der Waals surface area (Å²) in [7, 11) is 1.40. The van der Waals surface area contributed by atoms with Crippen molar-refractivity contribution in [3.63, 3.8) is 0 Å². The van der Waals surface area contributed by atoms with E-state index in [1.54, 1.807) is 6.07 Å². The molecule has 0 aromatic heterocycles. The maximum absolute atomic E-state index is 14.0. The second kappa shape index (κ2) is 8.97. The normalized spacial score (nSPS) is 16.0. The number of amides is 1. The van der Waals surface area contributed by atoms with Gasteiger partial charge in [-0.25, -0.2) is 4.39 Å². The van der Waals surface area contributed by atoms with Gasteiger partial charge in [0.15, 0.2) is 11.6 Å². The zero-order valence-electron chi connectivity index (χ0n) is 15.8. The molecule has 6 heteroatoms. The van der Waals surface area contributed by atoms with Crippen LogP contribution in [-0.4, -0.2) is 45.9 Å². The van der Waals surface area contributed by atoms with Gasteiger partial charge in [0.05, 0.1) is 20.3 Å². The molecular formula is C21H26FN2O3+. The van der Waals surface area contributed by atoms with Crippen molar-refractivity contribution >= 4 is 5.91 Å². The van der Waals surface area contributed by atoms with Crippen LogP contribution in [0, 0.1) is 12.7 Å². The molecule has 2 aromatic rings. The third-order valence-electron chi connectivity index (χ3n) is 4.89. The second-order valence-corrected chi connectivity index (χ2v) is 6.85. The fourth-order valence-corrected chi connectivity index (χ4v) is 3.25. The van der Waals surface area contributed by atoms with E-state index in [1.165, 1.54) is 29.7 Å². The molecule has 1 fully saturated rings. The van der Waals surface area contributed by atoms with E-state index in [0.717, 1.165) is 38.4 Å². The lowest BCUT2D eigenvalue weighted by Crippen LogP contribution is -3.14. The lowest BCUT2D eigenvalue weighted by atomic mass is 10.0. The number of rotatable bonds is 6. The van der Waals surface area contributed by atoms with E-state index < -0.39 is 5.82 Å². The molecule has 1 aliphatic heterocycles. The van der Waals surface area contributed by atoms with Crippen LogP contribution in [0.25, 0.3) is 0 Å². The number of quaternary nitrogens is 1. The maximum Gasteiger partial charge on any atom is 0.252 e. The molecule has 0 saturated carbocycles. The molecule has 1 heterocycles. The minimum Gasteiger partial charge on any atom is -0.494 e. The number of methoxy groups -OCH3 is 1. The molecule has 0 unspecified atom stereocenters. The smallest absolute Gasteiger partial charge is 0.252 e. The van der Waals surface area contributed by atoms with Gasteiger partial charge < -0.3 is 19.7 Å². The highest BCUT2D eigenvalue weighted by atomic mass is 19.1. The summed E-state index contributed by atoms with van der Waals surface area (Å²) in [6.45, 7) is 6.08. The Bertz CT molecular complexity index is 773. The van der Waals surface area contributed by atoms with Gasteiger partial charge in [0.25, 0.3) is 5.91 Å². The molecule has 3 rings (SSSR count). The quantitative estimate of drug-likeness (QED) is 0.808. The predicted octanol–water partition coefficient (Wildman–Crippen LogP) is 1.53. The Hall–Kier alpha value is -2.44. The molecule has 1 atom stereocenters. The standard InChI is InChI=1S/C21H25FN2O3/c1-15-3-5-16(6-4-15)19(14-24-9-11-27-12-10-24)23-21(25)17-7-8-20(26-2)18(22)13-17/h3-8,13,19H,9-12,14H2,1-2H3,(H,23,25)/p+1/t19-/m0/s1. The summed E-state index contributed by atoms with van der Waals surface area (Å²) in [5.41, 5.74) is 2.49. The lowest BCUT2D eigenvalue weighted by molar-refractivity contribution is -0.909. The highest BCUT2D eigenvalue weighted by molar-refractivity contribution is 5.94. The number of morpholine rings is 1. The van der Waals surface area contributed by atoms with Crippen molar-refractivity contribution in [2.45, 2.75) is 13.0 Å². The first-order chi connectivity index (χ1) is 13.1. The van der Waals surface area contributed by atoms with Crippen LogP contribution in [0.2, 0.25) is 0 Å². The Kier molecular flexibility index (Phi) is 6.42. The molecule has 0 bridgehead atoms. The topological polar surface area (TPSA) is 52.0 Å². The number of benzene rings is 2. The Balaban J connectivity index is 1.78. The van der Waals surface area contributed by atoms with Crippen molar-refractivity contribution in [3.05, 3.63) is 65.0 Å².